The zero-order valence-corrected chi connectivity index (χ0v) is 15.0. The smallest absolute Gasteiger partial charge is 0.227 e. The van der Waals surface area contributed by atoms with E-state index in [0.717, 1.165) is 13.0 Å². The molecule has 0 atom stereocenters. The van der Waals surface area contributed by atoms with E-state index in [0.29, 0.717) is 18.8 Å². The Morgan fingerprint density at radius 1 is 1.20 bits per heavy atom. The fourth-order valence-corrected chi connectivity index (χ4v) is 3.98. The summed E-state index contributed by atoms with van der Waals surface area (Å²) in [5.41, 5.74) is 1.87. The highest BCUT2D eigenvalue weighted by Crippen LogP contribution is 2.24. The van der Waals surface area contributed by atoms with E-state index in [9.17, 15) is 14.0 Å². The summed E-state index contributed by atoms with van der Waals surface area (Å²) in [6.45, 7) is 3.71. The number of amides is 2. The molecule has 2 aromatic rings. The van der Waals surface area contributed by atoms with Crippen LogP contribution < -0.4 is 4.90 Å². The Kier molecular flexibility index (Phi) is 5.48. The SMILES string of the molecule is CCN(C(=O)CCC(=O)N1CCc2sccc2C1)c1ccc(F)cc1. The van der Waals surface area contributed by atoms with Gasteiger partial charge in [-0.05, 0) is 54.6 Å². The number of benzene rings is 1. The minimum absolute atomic E-state index is 0.0142. The van der Waals surface area contributed by atoms with Crippen LogP contribution in [-0.4, -0.2) is 29.8 Å². The molecule has 0 fully saturated rings. The maximum absolute atomic E-state index is 13.0. The summed E-state index contributed by atoms with van der Waals surface area (Å²) in [5.74, 6) is -0.434. The number of hydrogen-bond acceptors (Lipinski definition) is 3. The predicted octanol–water partition coefficient (Wildman–Crippen LogP) is 3.61. The van der Waals surface area contributed by atoms with Gasteiger partial charge < -0.3 is 9.80 Å². The standard InChI is InChI=1S/C19H21FN2O2S/c1-2-22(16-5-3-15(20)4-6-16)19(24)8-7-18(23)21-11-9-17-14(13-21)10-12-25-17/h3-6,10,12H,2,7-9,11,13H2,1H3. The Morgan fingerprint density at radius 3 is 2.68 bits per heavy atom. The number of hydrogen-bond donors (Lipinski definition) is 0. The van der Waals surface area contributed by atoms with Crippen LogP contribution in [-0.2, 0) is 22.6 Å². The van der Waals surface area contributed by atoms with E-state index in [1.54, 1.807) is 28.4 Å². The summed E-state index contributed by atoms with van der Waals surface area (Å²) in [7, 11) is 0. The predicted molar refractivity (Wildman–Crippen MR) is 97.1 cm³/mol. The second-order valence-corrected chi connectivity index (χ2v) is 7.05. The van der Waals surface area contributed by atoms with Crippen molar-refractivity contribution in [2.45, 2.75) is 32.7 Å². The Bertz CT molecular complexity index is 757. The lowest BCUT2D eigenvalue weighted by molar-refractivity contribution is -0.134. The number of nitrogens with zero attached hydrogens (tertiary/aromatic N) is 2. The average molecular weight is 360 g/mol. The summed E-state index contributed by atoms with van der Waals surface area (Å²) in [5, 5.41) is 2.06. The van der Waals surface area contributed by atoms with Crippen LogP contribution in [0.2, 0.25) is 0 Å². The van der Waals surface area contributed by atoms with Gasteiger partial charge in [0.05, 0.1) is 0 Å². The molecule has 1 aromatic carbocycles. The third kappa shape index (κ3) is 4.07. The van der Waals surface area contributed by atoms with Crippen LogP contribution in [0.5, 0.6) is 0 Å². The summed E-state index contributed by atoms with van der Waals surface area (Å²) in [4.78, 5) is 29.7. The number of thiophene rings is 1. The Labute approximate surface area is 150 Å². The topological polar surface area (TPSA) is 40.6 Å². The van der Waals surface area contributed by atoms with Gasteiger partial charge in [-0.3, -0.25) is 9.59 Å². The van der Waals surface area contributed by atoms with E-state index in [1.165, 1.54) is 22.6 Å². The number of carbonyl (C=O) groups excluding carboxylic acids is 2. The van der Waals surface area contributed by atoms with Crippen molar-refractivity contribution in [2.75, 3.05) is 18.0 Å². The number of anilines is 1. The molecule has 132 valence electrons. The van der Waals surface area contributed by atoms with Gasteiger partial charge in [-0.25, -0.2) is 4.39 Å². The quantitative estimate of drug-likeness (QED) is 0.817. The molecule has 0 bridgehead atoms. The molecule has 0 aliphatic carbocycles. The van der Waals surface area contributed by atoms with Crippen LogP contribution in [0.4, 0.5) is 10.1 Å². The molecule has 0 spiro atoms. The third-order valence-corrected chi connectivity index (χ3v) is 5.49. The van der Waals surface area contributed by atoms with Gasteiger partial charge in [-0.15, -0.1) is 11.3 Å². The molecule has 0 saturated heterocycles. The lowest BCUT2D eigenvalue weighted by atomic mass is 10.1. The van der Waals surface area contributed by atoms with Crippen molar-refractivity contribution in [1.29, 1.82) is 0 Å². The molecule has 0 unspecified atom stereocenters. The van der Waals surface area contributed by atoms with Gasteiger partial charge in [0.2, 0.25) is 11.8 Å². The summed E-state index contributed by atoms with van der Waals surface area (Å²) < 4.78 is 13.0. The van der Waals surface area contributed by atoms with Gasteiger partial charge in [-0.2, -0.15) is 0 Å². The minimum Gasteiger partial charge on any atom is -0.338 e. The number of halogens is 1. The highest BCUT2D eigenvalue weighted by atomic mass is 32.1. The van der Waals surface area contributed by atoms with Crippen LogP contribution in [0.15, 0.2) is 35.7 Å². The highest BCUT2D eigenvalue weighted by molar-refractivity contribution is 7.10. The molecule has 1 aromatic heterocycles. The van der Waals surface area contributed by atoms with E-state index < -0.39 is 0 Å². The van der Waals surface area contributed by atoms with Gasteiger partial charge in [0, 0.05) is 43.0 Å². The normalized spacial score (nSPS) is 13.4. The second kappa shape index (κ2) is 7.78. The largest absolute Gasteiger partial charge is 0.338 e. The zero-order valence-electron chi connectivity index (χ0n) is 14.2. The van der Waals surface area contributed by atoms with Crippen molar-refractivity contribution in [1.82, 2.24) is 4.90 Å². The molecule has 0 saturated carbocycles. The average Bonchev–Trinajstić information content (AvgIpc) is 3.09. The molecular formula is C19H21FN2O2S. The summed E-state index contributed by atoms with van der Waals surface area (Å²) in [6, 6.07) is 7.91. The van der Waals surface area contributed by atoms with Gasteiger partial charge in [0.1, 0.15) is 5.82 Å². The molecule has 3 rings (SSSR count). The summed E-state index contributed by atoms with van der Waals surface area (Å²) >= 11 is 1.74. The van der Waals surface area contributed by atoms with E-state index in [4.69, 9.17) is 0 Å². The number of fused-ring (bicyclic) bond motifs is 1. The fraction of sp³-hybridized carbons (Fsp3) is 0.368. The molecule has 1 aliphatic heterocycles. The first-order chi connectivity index (χ1) is 12.1. The van der Waals surface area contributed by atoms with Gasteiger partial charge >= 0.3 is 0 Å². The molecule has 25 heavy (non-hydrogen) atoms. The highest BCUT2D eigenvalue weighted by Gasteiger charge is 2.23. The van der Waals surface area contributed by atoms with Crippen molar-refractivity contribution in [3.05, 3.63) is 52.0 Å². The molecule has 1 aliphatic rings. The zero-order chi connectivity index (χ0) is 17.8. The first-order valence-electron chi connectivity index (χ1n) is 8.47. The first-order valence-corrected chi connectivity index (χ1v) is 9.35. The van der Waals surface area contributed by atoms with Crippen LogP contribution >= 0.6 is 11.3 Å². The first kappa shape index (κ1) is 17.6. The molecule has 2 heterocycles. The molecule has 2 amide bonds. The molecule has 0 N–H and O–H groups in total. The van der Waals surface area contributed by atoms with Crippen molar-refractivity contribution < 1.29 is 14.0 Å². The van der Waals surface area contributed by atoms with E-state index in [-0.39, 0.29) is 30.5 Å². The van der Waals surface area contributed by atoms with Crippen molar-refractivity contribution in [2.24, 2.45) is 0 Å². The van der Waals surface area contributed by atoms with Crippen molar-refractivity contribution in [3.8, 4) is 0 Å². The minimum atomic E-state index is -0.333. The lowest BCUT2D eigenvalue weighted by Crippen LogP contribution is -2.37. The van der Waals surface area contributed by atoms with E-state index in [2.05, 4.69) is 11.4 Å². The molecular weight excluding hydrogens is 339 g/mol. The van der Waals surface area contributed by atoms with Crippen molar-refractivity contribution in [3.63, 3.8) is 0 Å². The molecule has 6 heteroatoms. The van der Waals surface area contributed by atoms with Crippen LogP contribution in [0.3, 0.4) is 0 Å². The Hall–Kier alpha value is -2.21. The maximum atomic E-state index is 13.0. The molecule has 4 nitrogen and oxygen atoms in total. The Morgan fingerprint density at radius 2 is 1.96 bits per heavy atom. The van der Waals surface area contributed by atoms with Crippen molar-refractivity contribution >= 4 is 28.8 Å². The fourth-order valence-electron chi connectivity index (χ4n) is 3.09. The van der Waals surface area contributed by atoms with E-state index in [1.807, 2.05) is 11.8 Å². The third-order valence-electron chi connectivity index (χ3n) is 4.47. The van der Waals surface area contributed by atoms with Crippen LogP contribution in [0, 0.1) is 5.82 Å². The maximum Gasteiger partial charge on any atom is 0.227 e. The lowest BCUT2D eigenvalue weighted by Gasteiger charge is -2.27. The Balaban J connectivity index is 1.56. The number of rotatable bonds is 5. The monoisotopic (exact) mass is 360 g/mol. The number of carbonyl (C=O) groups is 2. The van der Waals surface area contributed by atoms with Gasteiger partial charge in [0.15, 0.2) is 0 Å². The van der Waals surface area contributed by atoms with Crippen LogP contribution in [0.1, 0.15) is 30.2 Å². The van der Waals surface area contributed by atoms with E-state index >= 15 is 0 Å². The second-order valence-electron chi connectivity index (χ2n) is 6.05. The van der Waals surface area contributed by atoms with Gasteiger partial charge in [-0.1, -0.05) is 0 Å². The van der Waals surface area contributed by atoms with Crippen LogP contribution in [0.25, 0.3) is 0 Å². The summed E-state index contributed by atoms with van der Waals surface area (Å²) in [6.07, 6.45) is 1.26. The van der Waals surface area contributed by atoms with Gasteiger partial charge in [0.25, 0.3) is 0 Å². The molecule has 0 radical (unpaired) electrons.